The molecule has 1 aliphatic rings. The number of hydrogen-bond donors (Lipinski definition) is 1. The van der Waals surface area contributed by atoms with Crippen molar-refractivity contribution in [3.8, 4) is 0 Å². The number of aliphatic hydroxyl groups is 1. The summed E-state index contributed by atoms with van der Waals surface area (Å²) in [5.74, 6) is 0. The molecule has 1 saturated heterocycles. The molecule has 1 N–H and O–H groups in total. The average Bonchev–Trinajstić information content (AvgIpc) is 2.29. The third-order valence-corrected chi connectivity index (χ3v) is 3.01. The van der Waals surface area contributed by atoms with Crippen LogP contribution in [0.25, 0.3) is 0 Å². The number of para-hydroxylation sites is 1. The number of rotatable bonds is 1. The first-order chi connectivity index (χ1) is 7.98. The van der Waals surface area contributed by atoms with E-state index in [1.165, 1.54) is 12.1 Å². The van der Waals surface area contributed by atoms with Crippen LogP contribution < -0.4 is 4.90 Å². The van der Waals surface area contributed by atoms with Gasteiger partial charge in [-0.1, -0.05) is 12.1 Å². The van der Waals surface area contributed by atoms with Gasteiger partial charge in [0.15, 0.2) is 0 Å². The minimum atomic E-state index is -4.33. The maximum Gasteiger partial charge on any atom is 0.418 e. The van der Waals surface area contributed by atoms with E-state index < -0.39 is 11.7 Å². The van der Waals surface area contributed by atoms with Crippen LogP contribution in [0.15, 0.2) is 24.3 Å². The highest BCUT2D eigenvalue weighted by Gasteiger charge is 2.35. The molecule has 2 rings (SSSR count). The van der Waals surface area contributed by atoms with E-state index in [1.54, 1.807) is 11.0 Å². The third kappa shape index (κ3) is 2.72. The van der Waals surface area contributed by atoms with Gasteiger partial charge in [0.1, 0.15) is 0 Å². The summed E-state index contributed by atoms with van der Waals surface area (Å²) >= 11 is 0. The first kappa shape index (κ1) is 12.2. The second-order valence-corrected chi connectivity index (χ2v) is 4.23. The van der Waals surface area contributed by atoms with Crippen molar-refractivity contribution in [1.82, 2.24) is 0 Å². The van der Waals surface area contributed by atoms with Crippen LogP contribution in [0.3, 0.4) is 0 Å². The Kier molecular flexibility index (Phi) is 3.28. The van der Waals surface area contributed by atoms with Gasteiger partial charge in [0.25, 0.3) is 0 Å². The van der Waals surface area contributed by atoms with Gasteiger partial charge >= 0.3 is 6.18 Å². The fraction of sp³-hybridized carbons (Fsp3) is 0.500. The lowest BCUT2D eigenvalue weighted by Crippen LogP contribution is -2.36. The van der Waals surface area contributed by atoms with Crippen LogP contribution in [0.1, 0.15) is 18.4 Å². The Morgan fingerprint density at radius 2 is 1.71 bits per heavy atom. The molecule has 1 heterocycles. The molecule has 0 unspecified atom stereocenters. The Morgan fingerprint density at radius 1 is 1.12 bits per heavy atom. The molecule has 0 spiro atoms. The highest BCUT2D eigenvalue weighted by molar-refractivity contribution is 5.55. The van der Waals surface area contributed by atoms with Crippen molar-refractivity contribution in [2.75, 3.05) is 18.0 Å². The zero-order valence-electron chi connectivity index (χ0n) is 9.24. The van der Waals surface area contributed by atoms with E-state index in [1.807, 2.05) is 0 Å². The zero-order chi connectivity index (χ0) is 12.5. The molecule has 1 aromatic carbocycles. The largest absolute Gasteiger partial charge is 0.418 e. The first-order valence-electron chi connectivity index (χ1n) is 5.58. The number of piperidine rings is 1. The summed E-state index contributed by atoms with van der Waals surface area (Å²) in [4.78, 5) is 1.69. The summed E-state index contributed by atoms with van der Waals surface area (Å²) < 4.78 is 38.4. The molecular weight excluding hydrogens is 231 g/mol. The Hall–Kier alpha value is -1.23. The number of anilines is 1. The van der Waals surface area contributed by atoms with E-state index >= 15 is 0 Å². The molecule has 0 aromatic heterocycles. The highest BCUT2D eigenvalue weighted by Crippen LogP contribution is 2.37. The van der Waals surface area contributed by atoms with Gasteiger partial charge in [-0.05, 0) is 25.0 Å². The van der Waals surface area contributed by atoms with Crippen LogP contribution in [-0.4, -0.2) is 24.3 Å². The van der Waals surface area contributed by atoms with Gasteiger partial charge in [-0.2, -0.15) is 13.2 Å². The average molecular weight is 245 g/mol. The number of halogens is 3. The Morgan fingerprint density at radius 3 is 2.29 bits per heavy atom. The summed E-state index contributed by atoms with van der Waals surface area (Å²) in [5.41, 5.74) is -0.386. The third-order valence-electron chi connectivity index (χ3n) is 3.01. The van der Waals surface area contributed by atoms with Crippen molar-refractivity contribution in [3.63, 3.8) is 0 Å². The molecule has 1 aromatic rings. The fourth-order valence-electron chi connectivity index (χ4n) is 2.10. The molecule has 0 bridgehead atoms. The predicted molar refractivity (Wildman–Crippen MR) is 58.9 cm³/mol. The quantitative estimate of drug-likeness (QED) is 0.822. The molecule has 1 fully saturated rings. The van der Waals surface area contributed by atoms with Gasteiger partial charge < -0.3 is 10.0 Å². The van der Waals surface area contributed by atoms with Gasteiger partial charge in [0, 0.05) is 18.8 Å². The number of benzene rings is 1. The Bertz CT molecular complexity index is 384. The van der Waals surface area contributed by atoms with Crippen LogP contribution >= 0.6 is 0 Å². The van der Waals surface area contributed by atoms with Crippen LogP contribution in [0.2, 0.25) is 0 Å². The molecule has 17 heavy (non-hydrogen) atoms. The molecule has 0 saturated carbocycles. The van der Waals surface area contributed by atoms with E-state index in [-0.39, 0.29) is 11.8 Å². The smallest absolute Gasteiger partial charge is 0.393 e. The lowest BCUT2D eigenvalue weighted by Gasteiger charge is -2.33. The van der Waals surface area contributed by atoms with Crippen LogP contribution in [0.4, 0.5) is 18.9 Å². The van der Waals surface area contributed by atoms with Crippen molar-refractivity contribution in [2.24, 2.45) is 0 Å². The highest BCUT2D eigenvalue weighted by atomic mass is 19.4. The Balaban J connectivity index is 2.26. The molecule has 5 heteroatoms. The molecule has 0 atom stereocenters. The van der Waals surface area contributed by atoms with Gasteiger partial charge in [0.2, 0.25) is 0 Å². The molecule has 2 nitrogen and oxygen atoms in total. The molecule has 1 aliphatic heterocycles. The minimum Gasteiger partial charge on any atom is -0.393 e. The number of hydrogen-bond acceptors (Lipinski definition) is 2. The molecule has 0 radical (unpaired) electrons. The molecular formula is C12H14F3NO. The van der Waals surface area contributed by atoms with Crippen LogP contribution in [0.5, 0.6) is 0 Å². The topological polar surface area (TPSA) is 23.5 Å². The summed E-state index contributed by atoms with van der Waals surface area (Å²) in [6.45, 7) is 0.933. The second-order valence-electron chi connectivity index (χ2n) is 4.23. The Labute approximate surface area is 97.7 Å². The normalized spacial score (nSPS) is 18.5. The number of aliphatic hydroxyl groups excluding tert-OH is 1. The standard InChI is InChI=1S/C12H14F3NO/c13-12(14,15)10-3-1-2-4-11(10)16-7-5-9(17)6-8-16/h1-4,9,17H,5-8H2. The van der Waals surface area contributed by atoms with E-state index in [4.69, 9.17) is 0 Å². The van der Waals surface area contributed by atoms with Crippen molar-refractivity contribution in [2.45, 2.75) is 25.1 Å². The molecule has 0 aliphatic carbocycles. The number of nitrogens with zero attached hydrogens (tertiary/aromatic N) is 1. The van der Waals surface area contributed by atoms with E-state index in [2.05, 4.69) is 0 Å². The van der Waals surface area contributed by atoms with Gasteiger partial charge in [-0.25, -0.2) is 0 Å². The summed E-state index contributed by atoms with van der Waals surface area (Å²) in [6.07, 6.45) is -3.67. The summed E-state index contributed by atoms with van der Waals surface area (Å²) in [7, 11) is 0. The van der Waals surface area contributed by atoms with Gasteiger partial charge in [0.05, 0.1) is 11.7 Å². The van der Waals surface area contributed by atoms with Crippen LogP contribution in [0, 0.1) is 0 Å². The minimum absolute atomic E-state index is 0.215. The molecule has 0 amide bonds. The second kappa shape index (κ2) is 4.56. The van der Waals surface area contributed by atoms with Crippen molar-refractivity contribution >= 4 is 5.69 Å². The van der Waals surface area contributed by atoms with E-state index in [0.29, 0.717) is 25.9 Å². The van der Waals surface area contributed by atoms with Crippen molar-refractivity contribution in [1.29, 1.82) is 0 Å². The predicted octanol–water partition coefficient (Wildman–Crippen LogP) is 2.67. The SMILES string of the molecule is OC1CCN(c2ccccc2C(F)(F)F)CC1. The maximum absolute atomic E-state index is 12.8. The molecule has 94 valence electrons. The van der Waals surface area contributed by atoms with Crippen molar-refractivity contribution < 1.29 is 18.3 Å². The lowest BCUT2D eigenvalue weighted by molar-refractivity contribution is -0.137. The fourth-order valence-corrected chi connectivity index (χ4v) is 2.10. The summed E-state index contributed by atoms with van der Waals surface area (Å²) in [5, 5.41) is 9.35. The van der Waals surface area contributed by atoms with Crippen molar-refractivity contribution in [3.05, 3.63) is 29.8 Å². The lowest BCUT2D eigenvalue weighted by atomic mass is 10.0. The monoisotopic (exact) mass is 245 g/mol. The van der Waals surface area contributed by atoms with Crippen LogP contribution in [-0.2, 0) is 6.18 Å². The number of alkyl halides is 3. The van der Waals surface area contributed by atoms with Gasteiger partial charge in [-0.3, -0.25) is 0 Å². The summed E-state index contributed by atoms with van der Waals surface area (Å²) in [6, 6.07) is 5.58. The van der Waals surface area contributed by atoms with Gasteiger partial charge in [-0.15, -0.1) is 0 Å². The maximum atomic E-state index is 12.8. The first-order valence-corrected chi connectivity index (χ1v) is 5.58. The van der Waals surface area contributed by atoms with E-state index in [0.717, 1.165) is 6.07 Å². The zero-order valence-corrected chi connectivity index (χ0v) is 9.24. The van der Waals surface area contributed by atoms with E-state index in [9.17, 15) is 18.3 Å².